The van der Waals surface area contributed by atoms with Gasteiger partial charge in [0.05, 0.1) is 11.8 Å². The summed E-state index contributed by atoms with van der Waals surface area (Å²) in [6, 6.07) is 16.9. The van der Waals surface area contributed by atoms with Crippen LogP contribution in [0.4, 0.5) is 0 Å². The minimum absolute atomic E-state index is 0.0784. The molecule has 6 nitrogen and oxygen atoms in total. The Kier molecular flexibility index (Phi) is 7.55. The fourth-order valence-corrected chi connectivity index (χ4v) is 2.56. The van der Waals surface area contributed by atoms with Crippen molar-refractivity contribution in [2.24, 2.45) is 0 Å². The molecule has 0 bridgehead atoms. The highest BCUT2D eigenvalue weighted by atomic mass is 16.5. The van der Waals surface area contributed by atoms with Gasteiger partial charge in [0.1, 0.15) is 12.4 Å². The van der Waals surface area contributed by atoms with Crippen molar-refractivity contribution in [3.63, 3.8) is 0 Å². The Morgan fingerprint density at radius 2 is 1.90 bits per heavy atom. The molecule has 1 aromatic carbocycles. The van der Waals surface area contributed by atoms with Crippen molar-refractivity contribution >= 4 is 12.0 Å². The van der Waals surface area contributed by atoms with Crippen molar-refractivity contribution < 1.29 is 14.3 Å². The standard InChI is InChI=1S/C24H25N3O3/c1-18(2)30-24-13-9-20(16-27-24)15-26-23(28)12-8-19-6-10-22(11-7-19)29-17-21-5-3-4-14-25-21/h3-14,16,18H,15,17H2,1-2H3,(H,26,28)/b12-8+. The number of hydrogen-bond acceptors (Lipinski definition) is 5. The first-order chi connectivity index (χ1) is 14.6. The zero-order valence-corrected chi connectivity index (χ0v) is 17.1. The van der Waals surface area contributed by atoms with Crippen molar-refractivity contribution in [3.8, 4) is 11.6 Å². The summed E-state index contributed by atoms with van der Waals surface area (Å²) in [5, 5.41) is 2.84. The second-order valence-electron chi connectivity index (χ2n) is 6.90. The van der Waals surface area contributed by atoms with E-state index in [2.05, 4.69) is 15.3 Å². The third kappa shape index (κ3) is 7.05. The molecule has 0 aliphatic carbocycles. The van der Waals surface area contributed by atoms with Gasteiger partial charge in [-0.25, -0.2) is 4.98 Å². The maximum Gasteiger partial charge on any atom is 0.244 e. The molecular formula is C24H25N3O3. The Balaban J connectivity index is 1.44. The molecule has 0 spiro atoms. The SMILES string of the molecule is CC(C)Oc1ccc(CNC(=O)/C=C/c2ccc(OCc3ccccn3)cc2)cn1. The van der Waals surface area contributed by atoms with E-state index in [9.17, 15) is 4.79 Å². The van der Waals surface area contributed by atoms with Crippen LogP contribution in [0.5, 0.6) is 11.6 Å². The van der Waals surface area contributed by atoms with Crippen LogP contribution in [0.2, 0.25) is 0 Å². The highest BCUT2D eigenvalue weighted by Gasteiger charge is 2.02. The molecule has 1 N–H and O–H groups in total. The Morgan fingerprint density at radius 3 is 2.57 bits per heavy atom. The van der Waals surface area contributed by atoms with Crippen LogP contribution in [0.3, 0.4) is 0 Å². The van der Waals surface area contributed by atoms with Gasteiger partial charge >= 0.3 is 0 Å². The third-order valence-electron chi connectivity index (χ3n) is 4.04. The summed E-state index contributed by atoms with van der Waals surface area (Å²) < 4.78 is 11.2. The number of rotatable bonds is 9. The molecule has 154 valence electrons. The molecule has 0 aliphatic rings. The van der Waals surface area contributed by atoms with Crippen molar-refractivity contribution in [2.75, 3.05) is 0 Å². The Hall–Kier alpha value is -3.67. The summed E-state index contributed by atoms with van der Waals surface area (Å²) in [4.78, 5) is 20.5. The zero-order chi connectivity index (χ0) is 21.2. The second kappa shape index (κ2) is 10.8. The van der Waals surface area contributed by atoms with E-state index in [1.165, 1.54) is 6.08 Å². The molecule has 30 heavy (non-hydrogen) atoms. The fraction of sp³-hybridized carbons (Fsp3) is 0.208. The predicted molar refractivity (Wildman–Crippen MR) is 116 cm³/mol. The monoisotopic (exact) mass is 403 g/mol. The van der Waals surface area contributed by atoms with Crippen molar-refractivity contribution in [1.29, 1.82) is 0 Å². The maximum absolute atomic E-state index is 12.1. The molecule has 0 fully saturated rings. The van der Waals surface area contributed by atoms with Gasteiger partial charge in [0, 0.05) is 31.1 Å². The van der Waals surface area contributed by atoms with Crippen LogP contribution in [0.1, 0.15) is 30.7 Å². The molecule has 3 rings (SSSR count). The predicted octanol–water partition coefficient (Wildman–Crippen LogP) is 4.17. The van der Waals surface area contributed by atoms with Crippen LogP contribution in [-0.4, -0.2) is 22.0 Å². The van der Waals surface area contributed by atoms with Gasteiger partial charge in [-0.05, 0) is 55.3 Å². The van der Waals surface area contributed by atoms with E-state index >= 15 is 0 Å². The number of carbonyl (C=O) groups is 1. The topological polar surface area (TPSA) is 73.3 Å². The largest absolute Gasteiger partial charge is 0.487 e. The van der Waals surface area contributed by atoms with E-state index in [0.29, 0.717) is 19.0 Å². The van der Waals surface area contributed by atoms with E-state index in [1.807, 2.05) is 62.4 Å². The number of aromatic nitrogens is 2. The second-order valence-corrected chi connectivity index (χ2v) is 6.90. The minimum Gasteiger partial charge on any atom is -0.487 e. The summed E-state index contributed by atoms with van der Waals surface area (Å²) >= 11 is 0. The molecule has 0 saturated heterocycles. The summed E-state index contributed by atoms with van der Waals surface area (Å²) in [5.41, 5.74) is 2.69. The number of ether oxygens (including phenoxy) is 2. The van der Waals surface area contributed by atoms with Gasteiger partial charge in [0.15, 0.2) is 0 Å². The van der Waals surface area contributed by atoms with Crippen molar-refractivity contribution in [1.82, 2.24) is 15.3 Å². The lowest BCUT2D eigenvalue weighted by atomic mass is 10.2. The smallest absolute Gasteiger partial charge is 0.244 e. The van der Waals surface area contributed by atoms with E-state index in [1.54, 1.807) is 24.5 Å². The van der Waals surface area contributed by atoms with Gasteiger partial charge in [-0.3, -0.25) is 9.78 Å². The summed E-state index contributed by atoms with van der Waals surface area (Å²) in [6.07, 6.45) is 6.79. The molecule has 2 heterocycles. The van der Waals surface area contributed by atoms with E-state index < -0.39 is 0 Å². The summed E-state index contributed by atoms with van der Waals surface area (Å²) in [6.45, 7) is 4.71. The first-order valence-corrected chi connectivity index (χ1v) is 9.79. The zero-order valence-electron chi connectivity index (χ0n) is 17.1. The first kappa shape index (κ1) is 21.0. The molecule has 1 amide bonds. The van der Waals surface area contributed by atoms with E-state index in [-0.39, 0.29) is 12.0 Å². The van der Waals surface area contributed by atoms with Gasteiger partial charge in [0.2, 0.25) is 11.8 Å². The van der Waals surface area contributed by atoms with Gasteiger partial charge in [0.25, 0.3) is 0 Å². The number of nitrogens with one attached hydrogen (secondary N) is 1. The molecule has 3 aromatic rings. The summed E-state index contributed by atoms with van der Waals surface area (Å²) in [7, 11) is 0. The van der Waals surface area contributed by atoms with Crippen LogP contribution >= 0.6 is 0 Å². The normalized spacial score (nSPS) is 10.9. The molecule has 6 heteroatoms. The van der Waals surface area contributed by atoms with Crippen LogP contribution < -0.4 is 14.8 Å². The molecule has 0 saturated carbocycles. The average molecular weight is 403 g/mol. The number of carbonyl (C=O) groups excluding carboxylic acids is 1. The maximum atomic E-state index is 12.1. The van der Waals surface area contributed by atoms with Crippen LogP contribution in [0.25, 0.3) is 6.08 Å². The van der Waals surface area contributed by atoms with E-state index in [4.69, 9.17) is 9.47 Å². The first-order valence-electron chi connectivity index (χ1n) is 9.79. The Labute approximate surface area is 176 Å². The average Bonchev–Trinajstić information content (AvgIpc) is 2.77. The lowest BCUT2D eigenvalue weighted by molar-refractivity contribution is -0.116. The molecule has 0 atom stereocenters. The lowest BCUT2D eigenvalue weighted by Crippen LogP contribution is -2.20. The molecular weight excluding hydrogens is 378 g/mol. The van der Waals surface area contributed by atoms with Crippen molar-refractivity contribution in [3.05, 3.63) is 89.9 Å². The molecule has 0 aliphatic heterocycles. The summed E-state index contributed by atoms with van der Waals surface area (Å²) in [5.74, 6) is 1.15. The number of amides is 1. The van der Waals surface area contributed by atoms with Crippen LogP contribution in [-0.2, 0) is 17.9 Å². The van der Waals surface area contributed by atoms with Crippen molar-refractivity contribution in [2.45, 2.75) is 33.1 Å². The Morgan fingerprint density at radius 1 is 1.07 bits per heavy atom. The van der Waals surface area contributed by atoms with Crippen LogP contribution in [0.15, 0.2) is 73.1 Å². The number of nitrogens with zero attached hydrogens (tertiary/aromatic N) is 2. The van der Waals surface area contributed by atoms with Gasteiger partial charge in [-0.1, -0.05) is 24.3 Å². The third-order valence-corrected chi connectivity index (χ3v) is 4.04. The van der Waals surface area contributed by atoms with Gasteiger partial charge in [-0.2, -0.15) is 0 Å². The molecule has 0 unspecified atom stereocenters. The number of hydrogen-bond donors (Lipinski definition) is 1. The number of benzene rings is 1. The van der Waals surface area contributed by atoms with E-state index in [0.717, 1.165) is 22.6 Å². The number of pyridine rings is 2. The minimum atomic E-state index is -0.173. The highest BCUT2D eigenvalue weighted by molar-refractivity contribution is 5.91. The van der Waals surface area contributed by atoms with Crippen LogP contribution in [0, 0.1) is 0 Å². The Bertz CT molecular complexity index is 953. The quantitative estimate of drug-likeness (QED) is 0.543. The lowest BCUT2D eigenvalue weighted by Gasteiger charge is -2.09. The molecule has 0 radical (unpaired) electrons. The molecule has 2 aromatic heterocycles. The van der Waals surface area contributed by atoms with Gasteiger partial charge in [-0.15, -0.1) is 0 Å². The highest BCUT2D eigenvalue weighted by Crippen LogP contribution is 2.14. The van der Waals surface area contributed by atoms with Gasteiger partial charge < -0.3 is 14.8 Å². The fourth-order valence-electron chi connectivity index (χ4n) is 2.56.